The van der Waals surface area contributed by atoms with Crippen molar-refractivity contribution in [1.29, 1.82) is 0 Å². The second-order valence-corrected chi connectivity index (χ2v) is 3.45. The highest BCUT2D eigenvalue weighted by Gasteiger charge is 2.41. The quantitative estimate of drug-likeness (QED) is 0.336. The second-order valence-electron chi connectivity index (χ2n) is 2.27. The van der Waals surface area contributed by atoms with Crippen LogP contribution in [0.15, 0.2) is 5.18 Å². The molecular formula is C5H7Cl2NO. The van der Waals surface area contributed by atoms with Crippen molar-refractivity contribution in [3.05, 3.63) is 4.91 Å². The van der Waals surface area contributed by atoms with Crippen molar-refractivity contribution in [2.24, 2.45) is 5.18 Å². The molecule has 0 radical (unpaired) electrons. The minimum Gasteiger partial charge on any atom is -0.149 e. The van der Waals surface area contributed by atoms with Gasteiger partial charge in [0.2, 0.25) is 0 Å². The van der Waals surface area contributed by atoms with Crippen LogP contribution < -0.4 is 0 Å². The van der Waals surface area contributed by atoms with Gasteiger partial charge in [0, 0.05) is 0 Å². The van der Waals surface area contributed by atoms with Crippen molar-refractivity contribution < 1.29 is 0 Å². The highest BCUT2D eigenvalue weighted by molar-refractivity contribution is 6.32. The molecule has 1 aliphatic carbocycles. The molecular weight excluding hydrogens is 161 g/mol. The lowest BCUT2D eigenvalue weighted by atomic mass is 10.2. The Labute approximate surface area is 63.5 Å². The van der Waals surface area contributed by atoms with E-state index in [1.54, 1.807) is 0 Å². The lowest BCUT2D eigenvalue weighted by Gasteiger charge is -2.13. The molecule has 1 aliphatic rings. The van der Waals surface area contributed by atoms with Gasteiger partial charge in [-0.15, -0.1) is 16.5 Å². The van der Waals surface area contributed by atoms with Gasteiger partial charge in [-0.2, -0.15) is 0 Å². The first kappa shape index (κ1) is 7.29. The molecule has 0 aromatic carbocycles. The van der Waals surface area contributed by atoms with Gasteiger partial charge in [0.15, 0.2) is 5.00 Å². The van der Waals surface area contributed by atoms with E-state index in [0.717, 1.165) is 12.8 Å². The molecule has 0 heterocycles. The first-order valence-electron chi connectivity index (χ1n) is 2.86. The molecule has 0 N–H and O–H groups in total. The maximum Gasteiger partial charge on any atom is 0.191 e. The lowest BCUT2D eigenvalue weighted by Crippen LogP contribution is -2.23. The average Bonchev–Trinajstić information content (AvgIpc) is 2.15. The third-order valence-corrected chi connectivity index (χ3v) is 2.83. The Morgan fingerprint density at radius 2 is 2.33 bits per heavy atom. The Balaban J connectivity index is 2.66. The zero-order chi connectivity index (χ0) is 6.91. The van der Waals surface area contributed by atoms with Gasteiger partial charge in [0.1, 0.15) is 0 Å². The first-order valence-corrected chi connectivity index (χ1v) is 3.68. The summed E-state index contributed by atoms with van der Waals surface area (Å²) < 4.78 is 0. The number of nitroso groups, excluding NO2 is 1. The molecule has 0 aliphatic heterocycles. The van der Waals surface area contributed by atoms with E-state index in [4.69, 9.17) is 23.2 Å². The van der Waals surface area contributed by atoms with Crippen molar-refractivity contribution in [2.75, 3.05) is 0 Å². The Kier molecular flexibility index (Phi) is 1.97. The molecule has 2 nitrogen and oxygen atoms in total. The van der Waals surface area contributed by atoms with Gasteiger partial charge in [-0.1, -0.05) is 11.6 Å². The van der Waals surface area contributed by atoms with Crippen LogP contribution in [0.4, 0.5) is 0 Å². The molecule has 1 rings (SSSR count). The van der Waals surface area contributed by atoms with E-state index in [2.05, 4.69) is 5.18 Å². The summed E-state index contributed by atoms with van der Waals surface area (Å²) >= 11 is 11.4. The maximum atomic E-state index is 10.1. The minimum absolute atomic E-state index is 0.267. The average molecular weight is 168 g/mol. The Morgan fingerprint density at radius 3 is 2.56 bits per heavy atom. The lowest BCUT2D eigenvalue weighted by molar-refractivity contribution is 0.629. The van der Waals surface area contributed by atoms with Gasteiger partial charge in [-0.25, -0.2) is 0 Å². The number of halogens is 2. The van der Waals surface area contributed by atoms with Crippen LogP contribution in [0.3, 0.4) is 0 Å². The molecule has 1 fully saturated rings. The molecule has 0 saturated heterocycles. The van der Waals surface area contributed by atoms with Crippen molar-refractivity contribution in [1.82, 2.24) is 0 Å². The molecule has 52 valence electrons. The topological polar surface area (TPSA) is 29.4 Å². The van der Waals surface area contributed by atoms with Gasteiger partial charge >= 0.3 is 0 Å². The van der Waals surface area contributed by atoms with E-state index < -0.39 is 5.00 Å². The normalized spacial score (nSPS) is 43.1. The van der Waals surface area contributed by atoms with Crippen LogP contribution in [0.5, 0.6) is 0 Å². The molecule has 0 aromatic heterocycles. The zero-order valence-corrected chi connectivity index (χ0v) is 6.32. The van der Waals surface area contributed by atoms with Crippen molar-refractivity contribution in [3.63, 3.8) is 0 Å². The molecule has 2 atom stereocenters. The van der Waals surface area contributed by atoms with Crippen molar-refractivity contribution in [3.8, 4) is 0 Å². The minimum atomic E-state index is -0.998. The van der Waals surface area contributed by atoms with Crippen LogP contribution in [0.1, 0.15) is 19.3 Å². The van der Waals surface area contributed by atoms with Crippen LogP contribution in [-0.2, 0) is 0 Å². The molecule has 4 heteroatoms. The molecule has 0 aromatic rings. The monoisotopic (exact) mass is 167 g/mol. The number of rotatable bonds is 1. The van der Waals surface area contributed by atoms with Crippen LogP contribution in [0.2, 0.25) is 0 Å². The second kappa shape index (κ2) is 2.43. The zero-order valence-electron chi connectivity index (χ0n) is 4.81. The van der Waals surface area contributed by atoms with E-state index in [0.29, 0.717) is 6.42 Å². The number of hydrogen-bond acceptors (Lipinski definition) is 2. The summed E-state index contributed by atoms with van der Waals surface area (Å²) in [6.45, 7) is 0. The standard InChI is InChI=1S/C5H7Cl2NO/c6-4-2-1-3-5(4,7)8-9/h4H,1-3H2. The largest absolute Gasteiger partial charge is 0.191 e. The number of hydrogen-bond donors (Lipinski definition) is 0. The van der Waals surface area contributed by atoms with E-state index in [-0.39, 0.29) is 5.38 Å². The Bertz CT molecular complexity index is 130. The van der Waals surface area contributed by atoms with E-state index in [9.17, 15) is 4.91 Å². The molecule has 9 heavy (non-hydrogen) atoms. The summed E-state index contributed by atoms with van der Waals surface area (Å²) in [5, 5.41) is 2.52. The maximum absolute atomic E-state index is 10.1. The predicted molar refractivity (Wildman–Crippen MR) is 37.9 cm³/mol. The fraction of sp³-hybridized carbons (Fsp3) is 1.00. The molecule has 0 bridgehead atoms. The Hall–Kier alpha value is 0.180. The summed E-state index contributed by atoms with van der Waals surface area (Å²) in [7, 11) is 0. The fourth-order valence-electron chi connectivity index (χ4n) is 1.01. The summed E-state index contributed by atoms with van der Waals surface area (Å²) in [6, 6.07) is 0. The predicted octanol–water partition coefficient (Wildman–Crippen LogP) is 2.48. The molecule has 0 spiro atoms. The summed E-state index contributed by atoms with van der Waals surface area (Å²) in [5.41, 5.74) is 0. The first-order chi connectivity index (χ1) is 4.19. The highest BCUT2D eigenvalue weighted by Crippen LogP contribution is 2.40. The van der Waals surface area contributed by atoms with Crippen LogP contribution in [0, 0.1) is 4.91 Å². The van der Waals surface area contributed by atoms with Gasteiger partial charge in [0.25, 0.3) is 0 Å². The Morgan fingerprint density at radius 1 is 1.67 bits per heavy atom. The summed E-state index contributed by atoms with van der Waals surface area (Å²) in [4.78, 5) is 9.07. The van der Waals surface area contributed by atoms with Crippen molar-refractivity contribution >= 4 is 23.2 Å². The van der Waals surface area contributed by atoms with E-state index in [1.165, 1.54) is 0 Å². The summed E-state index contributed by atoms with van der Waals surface area (Å²) in [5.74, 6) is 0. The third-order valence-electron chi connectivity index (χ3n) is 1.62. The molecule has 1 saturated carbocycles. The molecule has 0 amide bonds. The third kappa shape index (κ3) is 1.19. The van der Waals surface area contributed by atoms with Crippen LogP contribution in [0.25, 0.3) is 0 Å². The highest BCUT2D eigenvalue weighted by atomic mass is 35.5. The summed E-state index contributed by atoms with van der Waals surface area (Å²) in [6.07, 6.45) is 2.33. The number of nitrogens with zero attached hydrogens (tertiary/aromatic N) is 1. The van der Waals surface area contributed by atoms with Gasteiger partial charge in [-0.05, 0) is 24.4 Å². The number of alkyl halides is 2. The van der Waals surface area contributed by atoms with Crippen LogP contribution >= 0.6 is 23.2 Å². The van der Waals surface area contributed by atoms with Crippen LogP contribution in [-0.4, -0.2) is 10.4 Å². The van der Waals surface area contributed by atoms with Gasteiger partial charge < -0.3 is 0 Å². The van der Waals surface area contributed by atoms with Gasteiger partial charge in [-0.3, -0.25) is 0 Å². The van der Waals surface area contributed by atoms with E-state index >= 15 is 0 Å². The van der Waals surface area contributed by atoms with Crippen molar-refractivity contribution in [2.45, 2.75) is 29.6 Å². The smallest absolute Gasteiger partial charge is 0.149 e. The van der Waals surface area contributed by atoms with E-state index in [1.807, 2.05) is 0 Å². The SMILES string of the molecule is O=NC1(Cl)CCCC1Cl. The van der Waals surface area contributed by atoms with Gasteiger partial charge in [0.05, 0.1) is 5.38 Å². The fourth-order valence-corrected chi connectivity index (χ4v) is 1.56. The molecule has 2 unspecified atom stereocenters.